The topological polar surface area (TPSA) is 49.1 Å². The van der Waals surface area contributed by atoms with Crippen LogP contribution in [-0.2, 0) is 0 Å². The van der Waals surface area contributed by atoms with Crippen LogP contribution in [0.15, 0.2) is 444 Å². The fourth-order valence-electron chi connectivity index (χ4n) is 19.0. The number of fused-ring (bicyclic) bond motifs is 30. The van der Waals surface area contributed by atoms with Crippen LogP contribution in [0.2, 0.25) is 0 Å². The molecule has 0 aliphatic carbocycles. The van der Waals surface area contributed by atoms with Gasteiger partial charge < -0.3 is 28.0 Å². The normalized spacial score (nSPS) is 11.8. The van der Waals surface area contributed by atoms with E-state index in [2.05, 4.69) is 421 Å². The Balaban J connectivity index is 0.000000103. The van der Waals surface area contributed by atoms with Gasteiger partial charge in [0, 0.05) is 120 Å². The zero-order chi connectivity index (χ0) is 79.6. The smallest absolute Gasteiger partial charge is 0.143 e. The molecule has 0 atom stereocenters. The van der Waals surface area contributed by atoms with Crippen molar-refractivity contribution in [3.05, 3.63) is 431 Å². The van der Waals surface area contributed by atoms with Gasteiger partial charge in [-0.25, -0.2) is 0 Å². The Kier molecular flexibility index (Phi) is 16.4. The molecule has 0 fully saturated rings. The standard InChI is InChI=1S/C42H25NO2.C36H23NO.C36H23NS/c1-2-9-29(10-3-1)43(35-13-8-16-38-41(35)34-12-5-7-15-37(34)44-38)30-22-24-31-28(25-30)20-19-26-17-18-27-21-23-33-32-11-4-6-14-36(32)45-42(33)40(27)39(26)31;2*1-3-9-27(10-4-1)37(28-11-5-2-6-12-28)29-20-22-30-26(23-29)18-17-24-15-16-25-19-21-32-31-13-7-8-14-33(31)38-36(32)35(25)34(24)30/h1-25H;2*1-23H. The molecule has 0 saturated heterocycles. The van der Waals surface area contributed by atoms with Crippen LogP contribution < -0.4 is 14.7 Å². The second kappa shape index (κ2) is 28.5. The molecular formula is C114H71N3O3S. The Morgan fingerprint density at radius 3 is 0.909 bits per heavy atom. The number of anilines is 9. The van der Waals surface area contributed by atoms with Gasteiger partial charge in [-0.3, -0.25) is 0 Å². The van der Waals surface area contributed by atoms with Crippen LogP contribution in [-0.4, -0.2) is 0 Å². The van der Waals surface area contributed by atoms with Crippen molar-refractivity contribution >= 4 is 245 Å². The van der Waals surface area contributed by atoms with Crippen molar-refractivity contribution in [3.8, 4) is 0 Å². The molecule has 4 aromatic heterocycles. The highest BCUT2D eigenvalue weighted by atomic mass is 32.1. The number of rotatable bonds is 9. The molecule has 4 heterocycles. The summed E-state index contributed by atoms with van der Waals surface area (Å²) >= 11 is 1.91. The van der Waals surface area contributed by atoms with E-state index < -0.39 is 0 Å². The minimum absolute atomic E-state index is 0.878. The molecule has 121 heavy (non-hydrogen) atoms. The summed E-state index contributed by atoms with van der Waals surface area (Å²) < 4.78 is 22.1. The monoisotopic (exact) mass is 1560 g/mol. The molecule has 0 saturated carbocycles. The van der Waals surface area contributed by atoms with Gasteiger partial charge in [-0.15, -0.1) is 11.3 Å². The first-order valence-corrected chi connectivity index (χ1v) is 42.0. The van der Waals surface area contributed by atoms with Crippen LogP contribution in [0.5, 0.6) is 0 Å². The maximum atomic E-state index is 6.55. The largest absolute Gasteiger partial charge is 0.456 e. The second-order valence-electron chi connectivity index (χ2n) is 31.3. The van der Waals surface area contributed by atoms with Crippen LogP contribution in [0.3, 0.4) is 0 Å². The molecule has 26 aromatic rings. The van der Waals surface area contributed by atoms with E-state index in [4.69, 9.17) is 13.3 Å². The van der Waals surface area contributed by atoms with Crippen molar-refractivity contribution in [1.82, 2.24) is 0 Å². The van der Waals surface area contributed by atoms with Crippen LogP contribution in [0.1, 0.15) is 0 Å². The molecular weight excluding hydrogens is 1490 g/mol. The summed E-state index contributed by atoms with van der Waals surface area (Å²) in [5.41, 5.74) is 15.6. The fourth-order valence-corrected chi connectivity index (χ4v) is 20.2. The number of furan rings is 3. The van der Waals surface area contributed by atoms with Crippen molar-refractivity contribution in [3.63, 3.8) is 0 Å². The first kappa shape index (κ1) is 69.5. The second-order valence-corrected chi connectivity index (χ2v) is 32.3. The Morgan fingerprint density at radius 2 is 0.471 bits per heavy atom. The molecule has 22 aromatic carbocycles. The lowest BCUT2D eigenvalue weighted by Gasteiger charge is -2.26. The lowest BCUT2D eigenvalue weighted by atomic mass is 9.94. The SMILES string of the molecule is c1ccc(N(c2ccc3c(ccc4ccc5ccc6c7ccccc7oc6c5c43)c2)c2cccc3oc4ccccc4c23)cc1.c1ccc(N(c2ccccc2)c2ccc3c(ccc4ccc5ccc6c7ccccc7oc6c5c43)c2)cc1.c1ccc(N(c2ccccc2)c2ccc3c(ccc4ccc5ccc6c7ccccc7sc6c5c43)c2)cc1. The van der Waals surface area contributed by atoms with Gasteiger partial charge >= 0.3 is 0 Å². The van der Waals surface area contributed by atoms with Crippen molar-refractivity contribution < 1.29 is 13.3 Å². The lowest BCUT2D eigenvalue weighted by Crippen LogP contribution is -2.10. The molecule has 0 spiro atoms. The number of hydrogen-bond donors (Lipinski definition) is 0. The molecule has 7 heteroatoms. The summed E-state index contributed by atoms with van der Waals surface area (Å²) in [6.45, 7) is 0. The lowest BCUT2D eigenvalue weighted by molar-refractivity contribution is 0.669. The predicted molar refractivity (Wildman–Crippen MR) is 516 cm³/mol. The third kappa shape index (κ3) is 11.6. The molecule has 0 aliphatic heterocycles. The van der Waals surface area contributed by atoms with E-state index in [1.165, 1.54) is 112 Å². The minimum atomic E-state index is 0.878. The summed E-state index contributed by atoms with van der Waals surface area (Å²) in [7, 11) is 0. The van der Waals surface area contributed by atoms with Crippen LogP contribution in [0.25, 0.3) is 183 Å². The van der Waals surface area contributed by atoms with E-state index in [9.17, 15) is 0 Å². The molecule has 6 nitrogen and oxygen atoms in total. The van der Waals surface area contributed by atoms with E-state index in [-0.39, 0.29) is 0 Å². The average molecular weight is 1560 g/mol. The number of benzene rings is 22. The first-order valence-electron chi connectivity index (χ1n) is 41.2. The third-order valence-corrected chi connectivity index (χ3v) is 25.6. The maximum Gasteiger partial charge on any atom is 0.143 e. The highest BCUT2D eigenvalue weighted by molar-refractivity contribution is 7.26. The molecule has 0 N–H and O–H groups in total. The van der Waals surface area contributed by atoms with Gasteiger partial charge in [0.15, 0.2) is 0 Å². The Labute approximate surface area is 699 Å². The number of nitrogens with zero attached hydrogens (tertiary/aromatic N) is 3. The molecule has 0 unspecified atom stereocenters. The highest BCUT2D eigenvalue weighted by Crippen LogP contribution is 2.50. The molecule has 0 aliphatic rings. The minimum Gasteiger partial charge on any atom is -0.456 e. The molecule has 0 radical (unpaired) electrons. The zero-order valence-corrected chi connectivity index (χ0v) is 66.3. The Bertz CT molecular complexity index is 8230. The van der Waals surface area contributed by atoms with Crippen molar-refractivity contribution in [2.45, 2.75) is 0 Å². The molecule has 566 valence electrons. The van der Waals surface area contributed by atoms with E-state index in [0.29, 0.717) is 0 Å². The van der Waals surface area contributed by atoms with E-state index in [1.807, 2.05) is 35.6 Å². The van der Waals surface area contributed by atoms with Crippen molar-refractivity contribution in [2.24, 2.45) is 0 Å². The quantitative estimate of drug-likeness (QED) is 0.134. The summed E-state index contributed by atoms with van der Waals surface area (Å²) in [5, 5.41) is 31.7. The van der Waals surface area contributed by atoms with Crippen molar-refractivity contribution in [1.29, 1.82) is 0 Å². The summed E-state index contributed by atoms with van der Waals surface area (Å²) in [5.74, 6) is 0. The van der Waals surface area contributed by atoms with Gasteiger partial charge in [-0.2, -0.15) is 0 Å². The van der Waals surface area contributed by atoms with E-state index >= 15 is 0 Å². The van der Waals surface area contributed by atoms with Gasteiger partial charge in [0.05, 0.1) is 11.1 Å². The zero-order valence-electron chi connectivity index (χ0n) is 65.5. The Hall–Kier alpha value is -15.8. The van der Waals surface area contributed by atoms with Crippen LogP contribution in [0, 0.1) is 0 Å². The van der Waals surface area contributed by atoms with Gasteiger partial charge in [0.1, 0.15) is 33.5 Å². The third-order valence-electron chi connectivity index (χ3n) is 24.4. The van der Waals surface area contributed by atoms with Gasteiger partial charge in [-0.05, 0) is 216 Å². The molecule has 0 amide bonds. The van der Waals surface area contributed by atoms with E-state index in [1.54, 1.807) is 0 Å². The predicted octanol–water partition coefficient (Wildman–Crippen LogP) is 33.9. The molecule has 26 rings (SSSR count). The fraction of sp³-hybridized carbons (Fsp3) is 0. The number of para-hydroxylation sites is 8. The average Bonchev–Trinajstić information content (AvgIpc) is 1.70. The van der Waals surface area contributed by atoms with Crippen LogP contribution >= 0.6 is 11.3 Å². The maximum absolute atomic E-state index is 6.55. The van der Waals surface area contributed by atoms with Gasteiger partial charge in [-0.1, -0.05) is 285 Å². The van der Waals surface area contributed by atoms with Gasteiger partial charge in [0.25, 0.3) is 0 Å². The molecule has 0 bridgehead atoms. The summed E-state index contributed by atoms with van der Waals surface area (Å²) in [6.07, 6.45) is 0. The summed E-state index contributed by atoms with van der Waals surface area (Å²) in [6, 6.07) is 154. The highest BCUT2D eigenvalue weighted by Gasteiger charge is 2.24. The van der Waals surface area contributed by atoms with E-state index in [0.717, 1.165) is 122 Å². The number of hydrogen-bond acceptors (Lipinski definition) is 7. The Morgan fingerprint density at radius 1 is 0.165 bits per heavy atom. The van der Waals surface area contributed by atoms with Crippen LogP contribution in [0.4, 0.5) is 51.2 Å². The number of thiophene rings is 1. The van der Waals surface area contributed by atoms with Crippen molar-refractivity contribution in [2.75, 3.05) is 14.7 Å². The first-order chi connectivity index (χ1) is 60.0. The summed E-state index contributed by atoms with van der Waals surface area (Å²) in [4.78, 5) is 6.98. The van der Waals surface area contributed by atoms with Gasteiger partial charge in [0.2, 0.25) is 0 Å².